The molecule has 2 aromatic heterocycles. The fraction of sp³-hybridized carbons (Fsp3) is 0.158. The van der Waals surface area contributed by atoms with Gasteiger partial charge in [-0.3, -0.25) is 4.79 Å². The minimum atomic E-state index is -4.01. The van der Waals surface area contributed by atoms with Crippen LogP contribution in [0.5, 0.6) is 0 Å². The number of carbonyl (C=O) groups excluding carboxylic acids is 1. The number of nitrogens with zero attached hydrogens (tertiary/aromatic N) is 2. The molecule has 1 aromatic carbocycles. The number of aromatic nitrogens is 1. The van der Waals surface area contributed by atoms with Gasteiger partial charge in [0.15, 0.2) is 0 Å². The van der Waals surface area contributed by atoms with Crippen LogP contribution in [0.25, 0.3) is 0 Å². The highest BCUT2D eigenvalue weighted by atomic mass is 35.5. The maximum atomic E-state index is 13.0. The molecule has 3 rings (SSSR count). The van der Waals surface area contributed by atoms with E-state index in [2.05, 4.69) is 10.3 Å². The molecule has 3 aromatic rings. The number of amides is 1. The summed E-state index contributed by atoms with van der Waals surface area (Å²) in [6.07, 6.45) is 2.58. The van der Waals surface area contributed by atoms with Crippen LogP contribution in [-0.4, -0.2) is 30.2 Å². The molecule has 0 aliphatic heterocycles. The van der Waals surface area contributed by atoms with Crippen LogP contribution in [0.4, 0.5) is 0 Å². The molecule has 0 radical (unpaired) electrons. The lowest BCUT2D eigenvalue weighted by Crippen LogP contribution is -2.40. The van der Waals surface area contributed by atoms with Crippen LogP contribution in [0.3, 0.4) is 0 Å². The summed E-state index contributed by atoms with van der Waals surface area (Å²) in [4.78, 5) is 16.2. The van der Waals surface area contributed by atoms with Crippen molar-refractivity contribution >= 4 is 39.1 Å². The van der Waals surface area contributed by atoms with Crippen molar-refractivity contribution in [1.29, 1.82) is 0 Å². The molecule has 152 valence electrons. The first kappa shape index (κ1) is 21.3. The molecule has 29 heavy (non-hydrogen) atoms. The van der Waals surface area contributed by atoms with E-state index < -0.39 is 22.5 Å². The van der Waals surface area contributed by atoms with Gasteiger partial charge in [-0.2, -0.15) is 4.31 Å². The highest BCUT2D eigenvalue weighted by Gasteiger charge is 2.28. The molecule has 10 heteroatoms. The minimum absolute atomic E-state index is 0.0765. The highest BCUT2D eigenvalue weighted by Crippen LogP contribution is 2.19. The van der Waals surface area contributed by atoms with Gasteiger partial charge in [-0.25, -0.2) is 13.4 Å². The molecule has 1 N–H and O–H groups in total. The molecular weight excluding hydrogens is 437 g/mol. The van der Waals surface area contributed by atoms with Gasteiger partial charge in [0, 0.05) is 17.8 Å². The van der Waals surface area contributed by atoms with Gasteiger partial charge in [0.05, 0.1) is 19.4 Å². The van der Waals surface area contributed by atoms with Crippen LogP contribution in [0, 0.1) is 0 Å². The van der Waals surface area contributed by atoms with E-state index in [-0.39, 0.29) is 23.1 Å². The normalized spacial score (nSPS) is 11.6. The molecule has 1 amide bonds. The summed E-state index contributed by atoms with van der Waals surface area (Å²) < 4.78 is 32.3. The molecule has 0 unspecified atom stereocenters. The lowest BCUT2D eigenvalue weighted by molar-refractivity contribution is -0.121. The molecule has 0 bridgehead atoms. The lowest BCUT2D eigenvalue weighted by atomic mass is 10.2. The summed E-state index contributed by atoms with van der Waals surface area (Å²) in [6.45, 7) is -0.344. The molecule has 0 fully saturated rings. The van der Waals surface area contributed by atoms with Crippen LogP contribution < -0.4 is 5.32 Å². The van der Waals surface area contributed by atoms with Crippen molar-refractivity contribution in [3.8, 4) is 0 Å². The van der Waals surface area contributed by atoms with Gasteiger partial charge < -0.3 is 9.73 Å². The zero-order valence-corrected chi connectivity index (χ0v) is 17.4. The van der Waals surface area contributed by atoms with E-state index in [0.717, 1.165) is 16.1 Å². The smallest absolute Gasteiger partial charge is 0.245 e. The van der Waals surface area contributed by atoms with Gasteiger partial charge in [-0.15, -0.1) is 0 Å². The van der Waals surface area contributed by atoms with Crippen molar-refractivity contribution in [3.05, 3.63) is 82.5 Å². The summed E-state index contributed by atoms with van der Waals surface area (Å²) in [7, 11) is -4.01. The third-order valence-electron chi connectivity index (χ3n) is 4.00. The molecule has 0 atom stereocenters. The average Bonchev–Trinajstić information content (AvgIpc) is 3.20. The summed E-state index contributed by atoms with van der Waals surface area (Å²) in [5.41, 5.74) is 0.727. The molecule has 0 aliphatic carbocycles. The second-order valence-electron chi connectivity index (χ2n) is 6.04. The first-order valence-corrected chi connectivity index (χ1v) is 10.7. The number of sulfonamides is 1. The standard InChI is InChI=1S/C19H17Cl2N3O4S/c20-17-6-2-1-4-14(17)10-23-19(25)13-24(12-15-5-3-9-28-15)29(26,27)16-7-8-18(21)22-11-16/h1-9,11H,10,12-13H2,(H,23,25). The van der Waals surface area contributed by atoms with Crippen molar-refractivity contribution in [2.75, 3.05) is 6.54 Å². The quantitative estimate of drug-likeness (QED) is 0.526. The zero-order chi connectivity index (χ0) is 20.9. The number of carbonyl (C=O) groups is 1. The summed E-state index contributed by atoms with van der Waals surface area (Å²) in [5, 5.41) is 3.37. The van der Waals surface area contributed by atoms with Crippen molar-refractivity contribution in [1.82, 2.24) is 14.6 Å². The van der Waals surface area contributed by atoms with E-state index in [1.54, 1.807) is 36.4 Å². The number of halogens is 2. The molecule has 2 heterocycles. The molecule has 0 aliphatic rings. The van der Waals surface area contributed by atoms with Gasteiger partial charge >= 0.3 is 0 Å². The van der Waals surface area contributed by atoms with Gasteiger partial charge in [0.25, 0.3) is 0 Å². The Balaban J connectivity index is 1.77. The minimum Gasteiger partial charge on any atom is -0.468 e. The fourth-order valence-corrected chi connectivity index (χ4v) is 4.14. The number of benzene rings is 1. The number of pyridine rings is 1. The Morgan fingerprint density at radius 2 is 1.90 bits per heavy atom. The first-order valence-electron chi connectivity index (χ1n) is 8.50. The monoisotopic (exact) mass is 453 g/mol. The number of hydrogen-bond donors (Lipinski definition) is 1. The number of rotatable bonds is 8. The van der Waals surface area contributed by atoms with Gasteiger partial charge in [0.2, 0.25) is 15.9 Å². The van der Waals surface area contributed by atoms with Gasteiger partial charge in [-0.1, -0.05) is 41.4 Å². The first-order chi connectivity index (χ1) is 13.9. The van der Waals surface area contributed by atoms with Crippen molar-refractivity contribution in [3.63, 3.8) is 0 Å². The number of nitrogens with one attached hydrogen (secondary N) is 1. The van der Waals surface area contributed by atoms with E-state index in [1.165, 1.54) is 18.4 Å². The highest BCUT2D eigenvalue weighted by molar-refractivity contribution is 7.89. The summed E-state index contributed by atoms with van der Waals surface area (Å²) in [6, 6.07) is 13.0. The van der Waals surface area contributed by atoms with Gasteiger partial charge in [-0.05, 0) is 35.9 Å². The molecule has 0 spiro atoms. The Morgan fingerprint density at radius 1 is 1.10 bits per heavy atom. The van der Waals surface area contributed by atoms with Gasteiger partial charge in [0.1, 0.15) is 15.8 Å². The molecule has 0 saturated carbocycles. The Kier molecular flexibility index (Phi) is 6.92. The second kappa shape index (κ2) is 9.41. The summed E-state index contributed by atoms with van der Waals surface area (Å²) >= 11 is 11.8. The third-order valence-corrected chi connectivity index (χ3v) is 6.37. The molecule has 0 saturated heterocycles. The topological polar surface area (TPSA) is 92.5 Å². The van der Waals surface area contributed by atoms with Crippen LogP contribution >= 0.6 is 23.2 Å². The molecule has 7 nitrogen and oxygen atoms in total. The summed E-state index contributed by atoms with van der Waals surface area (Å²) in [5.74, 6) is -0.0867. The second-order valence-corrected chi connectivity index (χ2v) is 8.77. The average molecular weight is 454 g/mol. The van der Waals surface area contributed by atoms with E-state index >= 15 is 0 Å². The van der Waals surface area contributed by atoms with Crippen LogP contribution in [0.1, 0.15) is 11.3 Å². The van der Waals surface area contributed by atoms with E-state index in [1.807, 2.05) is 0 Å². The zero-order valence-electron chi connectivity index (χ0n) is 15.1. The SMILES string of the molecule is O=C(CN(Cc1ccco1)S(=O)(=O)c1ccc(Cl)nc1)NCc1ccccc1Cl. The van der Waals surface area contributed by atoms with Crippen LogP contribution in [0.2, 0.25) is 10.2 Å². The molecular formula is C19H17Cl2N3O4S. The Labute approximate surface area is 178 Å². The van der Waals surface area contributed by atoms with Crippen LogP contribution in [-0.2, 0) is 27.9 Å². The number of furan rings is 1. The van der Waals surface area contributed by atoms with Crippen molar-refractivity contribution < 1.29 is 17.6 Å². The third kappa shape index (κ3) is 5.57. The maximum absolute atomic E-state index is 13.0. The van der Waals surface area contributed by atoms with E-state index in [4.69, 9.17) is 27.6 Å². The maximum Gasteiger partial charge on any atom is 0.245 e. The van der Waals surface area contributed by atoms with E-state index in [9.17, 15) is 13.2 Å². The number of hydrogen-bond acceptors (Lipinski definition) is 5. The van der Waals surface area contributed by atoms with Crippen LogP contribution in [0.15, 0.2) is 70.3 Å². The Morgan fingerprint density at radius 3 is 2.55 bits per heavy atom. The van der Waals surface area contributed by atoms with Crippen molar-refractivity contribution in [2.24, 2.45) is 0 Å². The Bertz CT molecular complexity index is 1070. The fourth-order valence-electron chi connectivity index (χ4n) is 2.52. The Hall–Kier alpha value is -2.39. The van der Waals surface area contributed by atoms with Crippen molar-refractivity contribution in [2.45, 2.75) is 18.0 Å². The largest absolute Gasteiger partial charge is 0.468 e. The predicted octanol–water partition coefficient (Wildman–Crippen LogP) is 3.49. The van der Waals surface area contributed by atoms with E-state index in [0.29, 0.717) is 10.8 Å². The predicted molar refractivity (Wildman–Crippen MR) is 109 cm³/mol. The lowest BCUT2D eigenvalue weighted by Gasteiger charge is -2.21.